The number of benzene rings is 2. The van der Waals surface area contributed by atoms with Crippen LogP contribution in [0.15, 0.2) is 54.6 Å². The van der Waals surface area contributed by atoms with E-state index in [1.165, 1.54) is 16.7 Å². The van der Waals surface area contributed by atoms with Crippen LogP contribution in [0.3, 0.4) is 0 Å². The van der Waals surface area contributed by atoms with Crippen LogP contribution in [0.4, 0.5) is 0 Å². The third kappa shape index (κ3) is 5.33. The molecule has 2 aromatic rings. The molecule has 1 atom stereocenters. The number of methoxy groups -OCH3 is 1. The van der Waals surface area contributed by atoms with Crippen LogP contribution in [-0.4, -0.2) is 26.8 Å². The minimum atomic E-state index is 0.629. The Kier molecular flexibility index (Phi) is 6.45. The van der Waals surface area contributed by atoms with Crippen LogP contribution in [0.5, 0.6) is 0 Å². The van der Waals surface area contributed by atoms with Crippen molar-refractivity contribution in [1.82, 2.24) is 5.32 Å². The highest BCUT2D eigenvalue weighted by Crippen LogP contribution is 2.20. The van der Waals surface area contributed by atoms with Gasteiger partial charge in [0, 0.05) is 13.7 Å². The molecule has 0 aromatic heterocycles. The van der Waals surface area contributed by atoms with E-state index in [9.17, 15) is 0 Å². The van der Waals surface area contributed by atoms with E-state index in [4.69, 9.17) is 4.74 Å². The van der Waals surface area contributed by atoms with Gasteiger partial charge in [-0.3, -0.25) is 0 Å². The summed E-state index contributed by atoms with van der Waals surface area (Å²) in [5.41, 5.74) is 3.96. The van der Waals surface area contributed by atoms with Crippen molar-refractivity contribution in [3.8, 4) is 11.1 Å². The van der Waals surface area contributed by atoms with Gasteiger partial charge in [-0.25, -0.2) is 0 Å². The maximum atomic E-state index is 5.03. The lowest BCUT2D eigenvalue weighted by atomic mass is 9.98. The minimum Gasteiger partial charge on any atom is -0.383 e. The molecule has 0 aliphatic heterocycles. The average Bonchev–Trinajstić information content (AvgIpc) is 2.53. The molecule has 21 heavy (non-hydrogen) atoms. The van der Waals surface area contributed by atoms with E-state index in [2.05, 4.69) is 66.8 Å². The summed E-state index contributed by atoms with van der Waals surface area (Å²) in [6.07, 6.45) is 1.11. The van der Waals surface area contributed by atoms with Gasteiger partial charge in [0.15, 0.2) is 0 Å². The third-order valence-corrected chi connectivity index (χ3v) is 3.62. The zero-order valence-corrected chi connectivity index (χ0v) is 13.0. The van der Waals surface area contributed by atoms with Crippen LogP contribution in [0, 0.1) is 5.92 Å². The highest BCUT2D eigenvalue weighted by molar-refractivity contribution is 5.63. The van der Waals surface area contributed by atoms with Crippen molar-refractivity contribution >= 4 is 0 Å². The maximum absolute atomic E-state index is 5.03. The van der Waals surface area contributed by atoms with Crippen molar-refractivity contribution in [1.29, 1.82) is 0 Å². The van der Waals surface area contributed by atoms with Gasteiger partial charge in [0.05, 0.1) is 6.61 Å². The second kappa shape index (κ2) is 8.60. The van der Waals surface area contributed by atoms with Crippen LogP contribution in [0.25, 0.3) is 11.1 Å². The molecule has 0 bridgehead atoms. The molecular formula is C19H25NO. The van der Waals surface area contributed by atoms with Crippen LogP contribution in [-0.2, 0) is 11.2 Å². The molecule has 0 saturated carbocycles. The second-order valence-corrected chi connectivity index (χ2v) is 5.57. The zero-order valence-electron chi connectivity index (χ0n) is 13.0. The van der Waals surface area contributed by atoms with Gasteiger partial charge < -0.3 is 10.1 Å². The molecule has 0 saturated heterocycles. The number of nitrogens with one attached hydrogen (secondary N) is 1. The molecular weight excluding hydrogens is 258 g/mol. The molecule has 0 radical (unpaired) electrons. The number of ether oxygens (including phenoxy) is 1. The number of hydrogen-bond acceptors (Lipinski definition) is 2. The van der Waals surface area contributed by atoms with Gasteiger partial charge in [-0.05, 0) is 35.6 Å². The van der Waals surface area contributed by atoms with Crippen molar-refractivity contribution in [2.45, 2.75) is 13.3 Å². The summed E-state index contributed by atoms with van der Waals surface area (Å²) in [6.45, 7) is 5.01. The van der Waals surface area contributed by atoms with E-state index in [1.54, 1.807) is 7.11 Å². The van der Waals surface area contributed by atoms with Crippen molar-refractivity contribution in [3.63, 3.8) is 0 Å². The summed E-state index contributed by atoms with van der Waals surface area (Å²) in [4.78, 5) is 0. The Bertz CT molecular complexity index is 507. The molecule has 0 heterocycles. The zero-order chi connectivity index (χ0) is 14.9. The van der Waals surface area contributed by atoms with E-state index < -0.39 is 0 Å². The van der Waals surface area contributed by atoms with Crippen molar-refractivity contribution in [3.05, 3.63) is 60.2 Å². The summed E-state index contributed by atoms with van der Waals surface area (Å²) in [6, 6.07) is 19.4. The molecule has 112 valence electrons. The van der Waals surface area contributed by atoms with Gasteiger partial charge in [0.2, 0.25) is 0 Å². The Labute approximate surface area is 128 Å². The highest BCUT2D eigenvalue weighted by atomic mass is 16.5. The van der Waals surface area contributed by atoms with E-state index in [0.29, 0.717) is 5.92 Å². The topological polar surface area (TPSA) is 21.3 Å². The fourth-order valence-electron chi connectivity index (χ4n) is 2.46. The van der Waals surface area contributed by atoms with E-state index in [-0.39, 0.29) is 0 Å². The molecule has 2 rings (SSSR count). The lowest BCUT2D eigenvalue weighted by Gasteiger charge is -2.13. The van der Waals surface area contributed by atoms with E-state index in [0.717, 1.165) is 26.1 Å². The first kappa shape index (κ1) is 15.7. The van der Waals surface area contributed by atoms with Crippen LogP contribution < -0.4 is 5.32 Å². The molecule has 1 N–H and O–H groups in total. The lowest BCUT2D eigenvalue weighted by Crippen LogP contribution is -2.25. The van der Waals surface area contributed by atoms with Gasteiger partial charge in [0.25, 0.3) is 0 Å². The summed E-state index contributed by atoms with van der Waals surface area (Å²) in [7, 11) is 1.74. The van der Waals surface area contributed by atoms with Crippen LogP contribution >= 0.6 is 0 Å². The minimum absolute atomic E-state index is 0.629. The fourth-order valence-corrected chi connectivity index (χ4v) is 2.46. The molecule has 0 aliphatic carbocycles. The van der Waals surface area contributed by atoms with Gasteiger partial charge in [-0.1, -0.05) is 61.5 Å². The second-order valence-electron chi connectivity index (χ2n) is 5.57. The maximum Gasteiger partial charge on any atom is 0.0587 e. The fraction of sp³-hybridized carbons (Fsp3) is 0.368. The Hall–Kier alpha value is -1.64. The molecule has 2 aromatic carbocycles. The lowest BCUT2D eigenvalue weighted by molar-refractivity contribution is 0.198. The number of rotatable bonds is 8. The average molecular weight is 283 g/mol. The Morgan fingerprint density at radius 2 is 1.62 bits per heavy atom. The van der Waals surface area contributed by atoms with Crippen molar-refractivity contribution < 1.29 is 4.74 Å². The van der Waals surface area contributed by atoms with Crippen LogP contribution in [0.1, 0.15) is 12.5 Å². The normalized spacial score (nSPS) is 12.3. The number of hydrogen-bond donors (Lipinski definition) is 1. The molecule has 0 aliphatic rings. The van der Waals surface area contributed by atoms with E-state index in [1.807, 2.05) is 0 Å². The predicted octanol–water partition coefficient (Wildman–Crippen LogP) is 3.77. The van der Waals surface area contributed by atoms with Crippen molar-refractivity contribution in [2.24, 2.45) is 5.92 Å². The molecule has 0 fully saturated rings. The first-order valence-electron chi connectivity index (χ1n) is 7.63. The van der Waals surface area contributed by atoms with Gasteiger partial charge in [-0.15, -0.1) is 0 Å². The quantitative estimate of drug-likeness (QED) is 0.745. The summed E-state index contributed by atoms with van der Waals surface area (Å²) in [5.74, 6) is 0.629. The largest absolute Gasteiger partial charge is 0.383 e. The SMILES string of the molecule is COCCNCC(C)Cc1ccc(-c2ccccc2)cc1. The molecule has 1 unspecified atom stereocenters. The van der Waals surface area contributed by atoms with Crippen molar-refractivity contribution in [2.75, 3.05) is 26.8 Å². The summed E-state index contributed by atoms with van der Waals surface area (Å²) in [5, 5.41) is 3.42. The van der Waals surface area contributed by atoms with Gasteiger partial charge in [-0.2, -0.15) is 0 Å². The van der Waals surface area contributed by atoms with Crippen LogP contribution in [0.2, 0.25) is 0 Å². The Morgan fingerprint density at radius 1 is 0.952 bits per heavy atom. The smallest absolute Gasteiger partial charge is 0.0587 e. The molecule has 0 amide bonds. The highest BCUT2D eigenvalue weighted by Gasteiger charge is 2.04. The van der Waals surface area contributed by atoms with Gasteiger partial charge >= 0.3 is 0 Å². The van der Waals surface area contributed by atoms with Gasteiger partial charge in [0.1, 0.15) is 0 Å². The van der Waals surface area contributed by atoms with E-state index >= 15 is 0 Å². The summed E-state index contributed by atoms with van der Waals surface area (Å²) < 4.78 is 5.03. The Morgan fingerprint density at radius 3 is 2.29 bits per heavy atom. The summed E-state index contributed by atoms with van der Waals surface area (Å²) >= 11 is 0. The first-order chi connectivity index (χ1) is 10.3. The monoisotopic (exact) mass is 283 g/mol. The third-order valence-electron chi connectivity index (χ3n) is 3.62. The molecule has 2 nitrogen and oxygen atoms in total. The molecule has 2 heteroatoms. The standard InChI is InChI=1S/C19H25NO/c1-16(15-20-12-13-21-2)14-17-8-10-19(11-9-17)18-6-4-3-5-7-18/h3-11,16,20H,12-15H2,1-2H3. The first-order valence-corrected chi connectivity index (χ1v) is 7.63. The Balaban J connectivity index is 1.85. The molecule has 0 spiro atoms. The predicted molar refractivity (Wildman–Crippen MR) is 89.5 cm³/mol.